The molecule has 0 bridgehead atoms. The molecule has 1 aromatic carbocycles. The van der Waals surface area contributed by atoms with Crippen LogP contribution in [0.15, 0.2) is 23.1 Å². The van der Waals surface area contributed by atoms with Crippen molar-refractivity contribution in [3.8, 4) is 0 Å². The van der Waals surface area contributed by atoms with Gasteiger partial charge in [-0.25, -0.2) is 13.1 Å². The predicted octanol–water partition coefficient (Wildman–Crippen LogP) is 0.541. The van der Waals surface area contributed by atoms with E-state index in [1.54, 1.807) is 12.1 Å². The van der Waals surface area contributed by atoms with Crippen molar-refractivity contribution in [1.82, 2.24) is 4.72 Å². The Bertz CT molecular complexity index is 482. The van der Waals surface area contributed by atoms with Crippen LogP contribution in [0.4, 0.5) is 0 Å². The van der Waals surface area contributed by atoms with Gasteiger partial charge in [-0.05, 0) is 43.1 Å². The molecule has 0 saturated carbocycles. The molecule has 15 heavy (non-hydrogen) atoms. The molecule has 0 aromatic heterocycles. The second kappa shape index (κ2) is 3.59. The summed E-state index contributed by atoms with van der Waals surface area (Å²) in [5.41, 5.74) is 8.01. The first kappa shape index (κ1) is 10.6. The number of fused-ring (bicyclic) bond motifs is 1. The lowest BCUT2D eigenvalue weighted by Gasteiger charge is -2.08. The summed E-state index contributed by atoms with van der Waals surface area (Å²) < 4.78 is 25.4. The lowest BCUT2D eigenvalue weighted by Crippen LogP contribution is -2.19. The highest BCUT2D eigenvalue weighted by atomic mass is 32.2. The summed E-state index contributed by atoms with van der Waals surface area (Å²) in [5.74, 6) is 0. The average molecular weight is 226 g/mol. The molecular formula is C10H14N2O2S. The van der Waals surface area contributed by atoms with Crippen molar-refractivity contribution in [3.63, 3.8) is 0 Å². The molecule has 5 heteroatoms. The normalized spacial score (nSPS) is 20.3. The molecular weight excluding hydrogens is 212 g/mol. The maximum Gasteiger partial charge on any atom is 0.240 e. The fourth-order valence-electron chi connectivity index (χ4n) is 1.90. The van der Waals surface area contributed by atoms with E-state index in [0.717, 1.165) is 24.0 Å². The Labute approximate surface area is 89.5 Å². The zero-order valence-corrected chi connectivity index (χ0v) is 9.34. The largest absolute Gasteiger partial charge is 0.324 e. The van der Waals surface area contributed by atoms with Crippen LogP contribution in [-0.2, 0) is 16.4 Å². The van der Waals surface area contributed by atoms with Crippen molar-refractivity contribution < 1.29 is 8.42 Å². The summed E-state index contributed by atoms with van der Waals surface area (Å²) >= 11 is 0. The van der Waals surface area contributed by atoms with Gasteiger partial charge < -0.3 is 5.73 Å². The molecule has 0 aliphatic heterocycles. The molecule has 0 radical (unpaired) electrons. The van der Waals surface area contributed by atoms with Crippen molar-refractivity contribution >= 4 is 10.0 Å². The molecule has 0 saturated heterocycles. The van der Waals surface area contributed by atoms with Crippen molar-refractivity contribution in [2.75, 3.05) is 7.05 Å². The third-order valence-electron chi connectivity index (χ3n) is 2.82. The predicted molar refractivity (Wildman–Crippen MR) is 57.9 cm³/mol. The number of hydrogen-bond acceptors (Lipinski definition) is 3. The number of aryl methyl sites for hydroxylation is 1. The summed E-state index contributed by atoms with van der Waals surface area (Å²) in [7, 11) is -1.94. The SMILES string of the molecule is CNS(=O)(=O)c1ccc2c(c1)C(N)CC2. The van der Waals surface area contributed by atoms with Crippen LogP contribution >= 0.6 is 0 Å². The van der Waals surface area contributed by atoms with Gasteiger partial charge in [0, 0.05) is 6.04 Å². The average Bonchev–Trinajstić information content (AvgIpc) is 2.60. The molecule has 0 amide bonds. The lowest BCUT2D eigenvalue weighted by atomic mass is 10.1. The van der Waals surface area contributed by atoms with Gasteiger partial charge in [-0.3, -0.25) is 0 Å². The molecule has 4 nitrogen and oxygen atoms in total. The zero-order valence-electron chi connectivity index (χ0n) is 8.53. The zero-order chi connectivity index (χ0) is 11.1. The summed E-state index contributed by atoms with van der Waals surface area (Å²) in [5, 5.41) is 0. The third kappa shape index (κ3) is 1.78. The molecule has 3 N–H and O–H groups in total. The lowest BCUT2D eigenvalue weighted by molar-refractivity contribution is 0.588. The van der Waals surface area contributed by atoms with E-state index in [1.807, 2.05) is 6.07 Å². The fraction of sp³-hybridized carbons (Fsp3) is 0.400. The van der Waals surface area contributed by atoms with Gasteiger partial charge in [0.1, 0.15) is 0 Å². The van der Waals surface area contributed by atoms with Crippen LogP contribution in [0.1, 0.15) is 23.6 Å². The van der Waals surface area contributed by atoms with E-state index >= 15 is 0 Å². The summed E-state index contributed by atoms with van der Waals surface area (Å²) in [4.78, 5) is 0.293. The third-order valence-corrected chi connectivity index (χ3v) is 4.23. The van der Waals surface area contributed by atoms with Crippen molar-refractivity contribution in [3.05, 3.63) is 29.3 Å². The molecule has 2 rings (SSSR count). The minimum absolute atomic E-state index is 0.0213. The summed E-state index contributed by atoms with van der Waals surface area (Å²) in [6.07, 6.45) is 1.84. The number of hydrogen-bond donors (Lipinski definition) is 2. The maximum absolute atomic E-state index is 11.6. The Kier molecular flexibility index (Phi) is 2.54. The second-order valence-electron chi connectivity index (χ2n) is 3.71. The van der Waals surface area contributed by atoms with Crippen LogP contribution in [0, 0.1) is 0 Å². The first-order chi connectivity index (χ1) is 7.04. The van der Waals surface area contributed by atoms with Gasteiger partial charge in [-0.2, -0.15) is 0 Å². The highest BCUT2D eigenvalue weighted by Crippen LogP contribution is 2.30. The second-order valence-corrected chi connectivity index (χ2v) is 5.60. The first-order valence-corrected chi connectivity index (χ1v) is 6.35. The molecule has 0 spiro atoms. The van der Waals surface area contributed by atoms with Gasteiger partial charge in [-0.1, -0.05) is 6.07 Å². The Morgan fingerprint density at radius 1 is 1.47 bits per heavy atom. The van der Waals surface area contributed by atoms with Gasteiger partial charge in [0.05, 0.1) is 4.90 Å². The standard InChI is InChI=1S/C10H14N2O2S/c1-12-15(13,14)8-4-2-7-3-5-10(11)9(7)6-8/h2,4,6,10,12H,3,5,11H2,1H3. The van der Waals surface area contributed by atoms with E-state index in [9.17, 15) is 8.42 Å². The highest BCUT2D eigenvalue weighted by Gasteiger charge is 2.21. The first-order valence-electron chi connectivity index (χ1n) is 4.86. The van der Waals surface area contributed by atoms with Crippen LogP contribution in [0.5, 0.6) is 0 Å². The Balaban J connectivity index is 2.51. The van der Waals surface area contributed by atoms with Crippen LogP contribution in [0.2, 0.25) is 0 Å². The Hall–Kier alpha value is -0.910. The van der Waals surface area contributed by atoms with E-state index in [1.165, 1.54) is 7.05 Å². The molecule has 1 aliphatic carbocycles. The Morgan fingerprint density at radius 2 is 2.20 bits per heavy atom. The fourth-order valence-corrected chi connectivity index (χ4v) is 2.66. The van der Waals surface area contributed by atoms with Gasteiger partial charge in [0.2, 0.25) is 10.0 Å². The van der Waals surface area contributed by atoms with Crippen molar-refractivity contribution in [2.24, 2.45) is 5.73 Å². The van der Waals surface area contributed by atoms with Gasteiger partial charge in [0.25, 0.3) is 0 Å². The van der Waals surface area contributed by atoms with Gasteiger partial charge in [0.15, 0.2) is 0 Å². The number of rotatable bonds is 2. The molecule has 0 heterocycles. The van der Waals surface area contributed by atoms with Crippen LogP contribution in [0.3, 0.4) is 0 Å². The van der Waals surface area contributed by atoms with Gasteiger partial charge in [-0.15, -0.1) is 0 Å². The van der Waals surface area contributed by atoms with Crippen LogP contribution < -0.4 is 10.5 Å². The molecule has 82 valence electrons. The number of benzene rings is 1. The summed E-state index contributed by atoms with van der Waals surface area (Å²) in [6, 6.07) is 5.14. The quantitative estimate of drug-likeness (QED) is 0.773. The molecule has 0 fully saturated rings. The van der Waals surface area contributed by atoms with Crippen molar-refractivity contribution in [2.45, 2.75) is 23.8 Å². The number of nitrogens with one attached hydrogen (secondary N) is 1. The molecule has 1 atom stereocenters. The minimum Gasteiger partial charge on any atom is -0.324 e. The van der Waals surface area contributed by atoms with Crippen LogP contribution in [0.25, 0.3) is 0 Å². The topological polar surface area (TPSA) is 72.2 Å². The van der Waals surface area contributed by atoms with Gasteiger partial charge >= 0.3 is 0 Å². The van der Waals surface area contributed by atoms with Crippen LogP contribution in [-0.4, -0.2) is 15.5 Å². The smallest absolute Gasteiger partial charge is 0.240 e. The van der Waals surface area contributed by atoms with Crippen molar-refractivity contribution in [1.29, 1.82) is 0 Å². The number of nitrogens with two attached hydrogens (primary N) is 1. The molecule has 1 aliphatic rings. The maximum atomic E-state index is 11.6. The minimum atomic E-state index is -3.35. The van der Waals surface area contributed by atoms with E-state index in [2.05, 4.69) is 4.72 Å². The van der Waals surface area contributed by atoms with E-state index in [-0.39, 0.29) is 6.04 Å². The monoisotopic (exact) mass is 226 g/mol. The highest BCUT2D eigenvalue weighted by molar-refractivity contribution is 7.89. The van der Waals surface area contributed by atoms with E-state index < -0.39 is 10.0 Å². The summed E-state index contributed by atoms with van der Waals surface area (Å²) in [6.45, 7) is 0. The molecule has 1 unspecified atom stereocenters. The van der Waals surface area contributed by atoms with E-state index in [0.29, 0.717) is 4.90 Å². The van der Waals surface area contributed by atoms with E-state index in [4.69, 9.17) is 5.73 Å². The number of sulfonamides is 1. The molecule has 1 aromatic rings. The Morgan fingerprint density at radius 3 is 2.87 bits per heavy atom.